The van der Waals surface area contributed by atoms with Gasteiger partial charge in [0, 0.05) is 53.6 Å². The van der Waals surface area contributed by atoms with Crippen LogP contribution in [0, 0.1) is 20.8 Å². The molecule has 0 atom stereocenters. The van der Waals surface area contributed by atoms with Gasteiger partial charge in [-0.15, -0.1) is 0 Å². The monoisotopic (exact) mass is 364 g/mol. The molecule has 0 fully saturated rings. The number of aryl methyl sites for hydroxylation is 3. The van der Waals surface area contributed by atoms with E-state index in [0.29, 0.717) is 12.1 Å². The first-order valence-electron chi connectivity index (χ1n) is 8.85. The van der Waals surface area contributed by atoms with Crippen LogP contribution < -0.4 is 5.32 Å². The van der Waals surface area contributed by atoms with Crippen molar-refractivity contribution in [2.24, 2.45) is 7.05 Å². The fraction of sp³-hybridized carbons (Fsp3) is 0.286. The molecule has 140 valence electrons. The number of ketones is 1. The lowest BCUT2D eigenvalue weighted by Crippen LogP contribution is -2.22. The van der Waals surface area contributed by atoms with Crippen LogP contribution in [0.15, 0.2) is 36.5 Å². The smallest absolute Gasteiger partial charge is 0.251 e. The third kappa shape index (κ3) is 3.69. The molecule has 3 rings (SSSR count). The quantitative estimate of drug-likeness (QED) is 0.707. The van der Waals surface area contributed by atoms with Crippen molar-refractivity contribution < 1.29 is 9.59 Å². The van der Waals surface area contributed by atoms with Crippen molar-refractivity contribution in [2.75, 3.05) is 0 Å². The molecule has 1 amide bonds. The number of Topliss-reactive ketones (excluding diaryl/α,β-unsaturated/α-hetero) is 1. The highest BCUT2D eigenvalue weighted by Gasteiger charge is 2.14. The van der Waals surface area contributed by atoms with Crippen LogP contribution in [0.3, 0.4) is 0 Å². The number of nitrogens with one attached hydrogen (secondary N) is 1. The van der Waals surface area contributed by atoms with E-state index in [1.165, 1.54) is 0 Å². The van der Waals surface area contributed by atoms with E-state index in [1.54, 1.807) is 23.7 Å². The molecule has 0 unspecified atom stereocenters. The summed E-state index contributed by atoms with van der Waals surface area (Å²) in [7, 11) is 1.86. The van der Waals surface area contributed by atoms with Crippen molar-refractivity contribution in [2.45, 2.75) is 34.2 Å². The van der Waals surface area contributed by atoms with Crippen LogP contribution in [-0.4, -0.2) is 26.0 Å². The molecule has 3 aromatic rings. The molecule has 0 saturated carbocycles. The van der Waals surface area contributed by atoms with Gasteiger partial charge >= 0.3 is 0 Å². The number of hydrogen-bond donors (Lipinski definition) is 1. The van der Waals surface area contributed by atoms with Crippen LogP contribution in [0.5, 0.6) is 0 Å². The van der Waals surface area contributed by atoms with Gasteiger partial charge in [0.05, 0.1) is 5.69 Å². The molecule has 0 aliphatic carbocycles. The maximum absolute atomic E-state index is 12.4. The van der Waals surface area contributed by atoms with E-state index in [4.69, 9.17) is 0 Å². The van der Waals surface area contributed by atoms with E-state index in [2.05, 4.69) is 10.4 Å². The third-order valence-electron chi connectivity index (χ3n) is 4.75. The zero-order valence-corrected chi connectivity index (χ0v) is 16.3. The predicted octanol–water partition coefficient (Wildman–Crippen LogP) is 3.27. The topological polar surface area (TPSA) is 68.9 Å². The number of rotatable bonds is 5. The largest absolute Gasteiger partial charge is 0.348 e. The Balaban J connectivity index is 1.76. The van der Waals surface area contributed by atoms with E-state index in [9.17, 15) is 9.59 Å². The number of benzene rings is 1. The van der Waals surface area contributed by atoms with Gasteiger partial charge in [0.1, 0.15) is 0 Å². The molecule has 6 heteroatoms. The van der Waals surface area contributed by atoms with Crippen LogP contribution in [0.2, 0.25) is 0 Å². The van der Waals surface area contributed by atoms with Gasteiger partial charge < -0.3 is 9.88 Å². The predicted molar refractivity (Wildman–Crippen MR) is 104 cm³/mol. The zero-order chi connectivity index (χ0) is 19.7. The molecule has 0 spiro atoms. The van der Waals surface area contributed by atoms with Gasteiger partial charge in [-0.2, -0.15) is 5.10 Å². The van der Waals surface area contributed by atoms with Crippen molar-refractivity contribution >= 4 is 11.7 Å². The summed E-state index contributed by atoms with van der Waals surface area (Å²) in [4.78, 5) is 24.2. The number of carbonyl (C=O) groups excluding carboxylic acids is 2. The summed E-state index contributed by atoms with van der Waals surface area (Å²) >= 11 is 0. The Morgan fingerprint density at radius 2 is 1.78 bits per heavy atom. The van der Waals surface area contributed by atoms with Crippen LogP contribution in [0.1, 0.15) is 50.3 Å². The van der Waals surface area contributed by atoms with Gasteiger partial charge in [-0.3, -0.25) is 14.3 Å². The first kappa shape index (κ1) is 18.6. The summed E-state index contributed by atoms with van der Waals surface area (Å²) in [5.41, 5.74) is 6.05. The molecule has 0 bridgehead atoms. The molecular formula is C21H24N4O2. The van der Waals surface area contributed by atoms with Crippen molar-refractivity contribution in [1.82, 2.24) is 19.7 Å². The fourth-order valence-electron chi connectivity index (χ4n) is 3.38. The Bertz CT molecular complexity index is 1010. The van der Waals surface area contributed by atoms with Crippen molar-refractivity contribution in [3.05, 3.63) is 70.3 Å². The fourth-order valence-corrected chi connectivity index (χ4v) is 3.38. The minimum atomic E-state index is -0.129. The van der Waals surface area contributed by atoms with Gasteiger partial charge in [-0.1, -0.05) is 0 Å². The van der Waals surface area contributed by atoms with E-state index >= 15 is 0 Å². The van der Waals surface area contributed by atoms with E-state index < -0.39 is 0 Å². The third-order valence-corrected chi connectivity index (χ3v) is 4.75. The molecule has 0 radical (unpaired) electrons. The van der Waals surface area contributed by atoms with Crippen LogP contribution in [-0.2, 0) is 13.6 Å². The number of aromatic nitrogens is 3. The molecular weight excluding hydrogens is 340 g/mol. The molecule has 1 aromatic carbocycles. The zero-order valence-electron chi connectivity index (χ0n) is 16.3. The SMILES string of the molecule is CC(=O)c1cc(C)n(-c2ccc(C(=O)NCc3cn(C)nc3C)cc2)c1C. The molecule has 0 aliphatic heterocycles. The van der Waals surface area contributed by atoms with Gasteiger partial charge in [-0.05, 0) is 58.0 Å². The summed E-state index contributed by atoms with van der Waals surface area (Å²) in [5.74, 6) is -0.0776. The Morgan fingerprint density at radius 1 is 1.11 bits per heavy atom. The van der Waals surface area contributed by atoms with Crippen molar-refractivity contribution in [1.29, 1.82) is 0 Å². The Hall–Kier alpha value is -3.15. The van der Waals surface area contributed by atoms with Crippen molar-refractivity contribution in [3.8, 4) is 5.69 Å². The summed E-state index contributed by atoms with van der Waals surface area (Å²) < 4.78 is 3.76. The maximum Gasteiger partial charge on any atom is 0.251 e. The Kier molecular flexibility index (Phi) is 4.99. The first-order valence-corrected chi connectivity index (χ1v) is 8.85. The maximum atomic E-state index is 12.4. The van der Waals surface area contributed by atoms with Gasteiger partial charge in [-0.25, -0.2) is 0 Å². The average molecular weight is 364 g/mol. The molecule has 1 N–H and O–H groups in total. The highest BCUT2D eigenvalue weighted by Crippen LogP contribution is 2.21. The van der Waals surface area contributed by atoms with Gasteiger partial charge in [0.25, 0.3) is 5.91 Å². The lowest BCUT2D eigenvalue weighted by atomic mass is 10.1. The van der Waals surface area contributed by atoms with E-state index in [-0.39, 0.29) is 11.7 Å². The highest BCUT2D eigenvalue weighted by molar-refractivity contribution is 5.96. The number of amides is 1. The molecule has 2 heterocycles. The summed E-state index contributed by atoms with van der Waals surface area (Å²) in [6.45, 7) is 7.84. The first-order chi connectivity index (χ1) is 12.8. The molecule has 27 heavy (non-hydrogen) atoms. The average Bonchev–Trinajstić information content (AvgIpc) is 3.10. The summed E-state index contributed by atoms with van der Waals surface area (Å²) in [6, 6.07) is 9.29. The molecule has 2 aromatic heterocycles. The second kappa shape index (κ2) is 7.23. The summed E-state index contributed by atoms with van der Waals surface area (Å²) in [5, 5.41) is 7.20. The second-order valence-electron chi connectivity index (χ2n) is 6.82. The van der Waals surface area contributed by atoms with Crippen molar-refractivity contribution in [3.63, 3.8) is 0 Å². The number of hydrogen-bond acceptors (Lipinski definition) is 3. The summed E-state index contributed by atoms with van der Waals surface area (Å²) in [6.07, 6.45) is 1.91. The van der Waals surface area contributed by atoms with Crippen LogP contribution >= 0.6 is 0 Å². The second-order valence-corrected chi connectivity index (χ2v) is 6.82. The number of nitrogens with zero attached hydrogens (tertiary/aromatic N) is 3. The lowest BCUT2D eigenvalue weighted by molar-refractivity contribution is 0.0950. The van der Waals surface area contributed by atoms with Crippen LogP contribution in [0.25, 0.3) is 5.69 Å². The van der Waals surface area contributed by atoms with E-state index in [1.807, 2.05) is 56.8 Å². The normalized spacial score (nSPS) is 10.9. The standard InChI is InChI=1S/C21H24N4O2/c1-13-10-20(16(4)26)15(3)25(13)19-8-6-17(7-9-19)21(27)22-11-18-12-24(5)23-14(18)2/h6-10,12H,11H2,1-5H3,(H,22,27). The Labute approximate surface area is 158 Å². The van der Waals surface area contributed by atoms with E-state index in [0.717, 1.165) is 33.9 Å². The lowest BCUT2D eigenvalue weighted by Gasteiger charge is -2.11. The molecule has 0 aliphatic rings. The molecule has 0 saturated heterocycles. The minimum absolute atomic E-state index is 0.0519. The van der Waals surface area contributed by atoms with Gasteiger partial charge in [0.2, 0.25) is 0 Å². The van der Waals surface area contributed by atoms with Gasteiger partial charge in [0.15, 0.2) is 5.78 Å². The Morgan fingerprint density at radius 3 is 2.30 bits per heavy atom. The highest BCUT2D eigenvalue weighted by atomic mass is 16.1. The van der Waals surface area contributed by atoms with Crippen LogP contribution in [0.4, 0.5) is 0 Å². The molecule has 6 nitrogen and oxygen atoms in total. The number of carbonyl (C=O) groups is 2. The minimum Gasteiger partial charge on any atom is -0.348 e.